The molecule has 0 spiro atoms. The highest BCUT2D eigenvalue weighted by Crippen LogP contribution is 2.16. The van der Waals surface area contributed by atoms with Gasteiger partial charge in [-0.25, -0.2) is 0 Å². The largest absolute Gasteiger partial charge is 0.352 e. The van der Waals surface area contributed by atoms with Crippen molar-refractivity contribution in [2.24, 2.45) is 5.92 Å². The van der Waals surface area contributed by atoms with Gasteiger partial charge in [0.15, 0.2) is 0 Å². The van der Waals surface area contributed by atoms with E-state index in [4.69, 9.17) is 0 Å². The maximum atomic E-state index is 12.3. The maximum Gasteiger partial charge on any atom is 0.251 e. The molecule has 0 unspecified atom stereocenters. The van der Waals surface area contributed by atoms with Crippen LogP contribution in [0, 0.1) is 26.7 Å². The van der Waals surface area contributed by atoms with Crippen molar-refractivity contribution >= 4 is 5.91 Å². The van der Waals surface area contributed by atoms with Crippen LogP contribution >= 0.6 is 0 Å². The highest BCUT2D eigenvalue weighted by atomic mass is 16.1. The second kappa shape index (κ2) is 7.77. The van der Waals surface area contributed by atoms with Gasteiger partial charge in [-0.05, 0) is 88.3 Å². The van der Waals surface area contributed by atoms with Gasteiger partial charge >= 0.3 is 0 Å². The van der Waals surface area contributed by atoms with E-state index in [-0.39, 0.29) is 5.91 Å². The van der Waals surface area contributed by atoms with Gasteiger partial charge in [-0.1, -0.05) is 13.0 Å². The topological polar surface area (TPSA) is 32.3 Å². The van der Waals surface area contributed by atoms with Crippen molar-refractivity contribution in [2.45, 2.75) is 47.0 Å². The molecule has 1 aromatic rings. The Bertz CT molecular complexity index is 516. The standard InChI is InChI=1S/C19H30N2O/c1-14-6-10-21(11-7-14)9-5-8-20-19(22)18-13-16(3)15(2)12-17(18)4/h12-14H,5-11H2,1-4H3,(H,20,22). The van der Waals surface area contributed by atoms with E-state index in [9.17, 15) is 4.79 Å². The molecule has 0 aromatic heterocycles. The summed E-state index contributed by atoms with van der Waals surface area (Å²) in [6, 6.07) is 4.10. The SMILES string of the molecule is Cc1cc(C)c(C(=O)NCCCN2CCC(C)CC2)cc1C. The Labute approximate surface area is 135 Å². The predicted molar refractivity (Wildman–Crippen MR) is 92.4 cm³/mol. The number of amides is 1. The molecule has 0 bridgehead atoms. The molecule has 0 saturated carbocycles. The van der Waals surface area contributed by atoms with Crippen LogP contribution in [0.2, 0.25) is 0 Å². The average Bonchev–Trinajstić information content (AvgIpc) is 2.49. The molecule has 122 valence electrons. The fraction of sp³-hybridized carbons (Fsp3) is 0.632. The summed E-state index contributed by atoms with van der Waals surface area (Å²) in [5.74, 6) is 0.941. The number of piperidine rings is 1. The van der Waals surface area contributed by atoms with Crippen molar-refractivity contribution in [1.82, 2.24) is 10.2 Å². The minimum Gasteiger partial charge on any atom is -0.352 e. The van der Waals surface area contributed by atoms with Crippen LogP contribution in [-0.4, -0.2) is 37.0 Å². The number of rotatable bonds is 5. The Morgan fingerprint density at radius 3 is 2.45 bits per heavy atom. The van der Waals surface area contributed by atoms with Gasteiger partial charge in [-0.15, -0.1) is 0 Å². The first kappa shape index (κ1) is 17.0. The highest BCUT2D eigenvalue weighted by Gasteiger charge is 2.15. The zero-order valence-corrected chi connectivity index (χ0v) is 14.5. The number of hydrogen-bond acceptors (Lipinski definition) is 2. The van der Waals surface area contributed by atoms with Crippen LogP contribution in [-0.2, 0) is 0 Å². The Hall–Kier alpha value is -1.35. The molecule has 1 amide bonds. The number of nitrogens with one attached hydrogen (secondary N) is 1. The molecule has 1 aliphatic heterocycles. The number of carbonyl (C=O) groups is 1. The van der Waals surface area contributed by atoms with Gasteiger partial charge in [-0.2, -0.15) is 0 Å². The van der Waals surface area contributed by atoms with Crippen LogP contribution in [0.3, 0.4) is 0 Å². The number of benzene rings is 1. The minimum absolute atomic E-state index is 0.0628. The number of likely N-dealkylation sites (tertiary alicyclic amines) is 1. The molecule has 0 atom stereocenters. The quantitative estimate of drug-likeness (QED) is 0.845. The summed E-state index contributed by atoms with van der Waals surface area (Å²) < 4.78 is 0. The van der Waals surface area contributed by atoms with E-state index in [1.54, 1.807) is 0 Å². The molecule has 3 heteroatoms. The lowest BCUT2D eigenvalue weighted by molar-refractivity contribution is 0.0950. The maximum absolute atomic E-state index is 12.3. The molecule has 1 aromatic carbocycles. The van der Waals surface area contributed by atoms with Crippen LogP contribution in [0.25, 0.3) is 0 Å². The Morgan fingerprint density at radius 1 is 1.14 bits per heavy atom. The molecule has 1 heterocycles. The van der Waals surface area contributed by atoms with Gasteiger partial charge in [-0.3, -0.25) is 4.79 Å². The molecule has 1 N–H and O–H groups in total. The van der Waals surface area contributed by atoms with Gasteiger partial charge in [0.2, 0.25) is 0 Å². The van der Waals surface area contributed by atoms with Crippen molar-refractivity contribution in [1.29, 1.82) is 0 Å². The van der Waals surface area contributed by atoms with E-state index in [2.05, 4.69) is 37.1 Å². The molecular formula is C19H30N2O. The molecule has 22 heavy (non-hydrogen) atoms. The van der Waals surface area contributed by atoms with Crippen molar-refractivity contribution in [3.63, 3.8) is 0 Å². The van der Waals surface area contributed by atoms with E-state index in [1.165, 1.54) is 37.1 Å². The number of aryl methyl sites for hydroxylation is 3. The van der Waals surface area contributed by atoms with Gasteiger partial charge in [0, 0.05) is 12.1 Å². The molecule has 3 nitrogen and oxygen atoms in total. The number of nitrogens with zero attached hydrogens (tertiary/aromatic N) is 1. The summed E-state index contributed by atoms with van der Waals surface area (Å²) >= 11 is 0. The van der Waals surface area contributed by atoms with Crippen molar-refractivity contribution in [3.8, 4) is 0 Å². The summed E-state index contributed by atoms with van der Waals surface area (Å²) in [4.78, 5) is 14.8. The molecule has 1 fully saturated rings. The number of hydrogen-bond donors (Lipinski definition) is 1. The summed E-state index contributed by atoms with van der Waals surface area (Å²) in [6.07, 6.45) is 3.66. The summed E-state index contributed by atoms with van der Waals surface area (Å²) in [5, 5.41) is 3.07. The van der Waals surface area contributed by atoms with Crippen LogP contribution in [0.5, 0.6) is 0 Å². The first-order valence-corrected chi connectivity index (χ1v) is 8.55. The molecule has 0 aliphatic carbocycles. The van der Waals surface area contributed by atoms with E-state index in [1.807, 2.05) is 13.0 Å². The lowest BCUT2D eigenvalue weighted by Crippen LogP contribution is -2.35. The van der Waals surface area contributed by atoms with Crippen molar-refractivity contribution < 1.29 is 4.79 Å². The van der Waals surface area contributed by atoms with Crippen LogP contribution in [0.15, 0.2) is 12.1 Å². The molecule has 1 aliphatic rings. The second-order valence-electron chi connectivity index (χ2n) is 6.89. The average molecular weight is 302 g/mol. The van der Waals surface area contributed by atoms with E-state index in [0.29, 0.717) is 0 Å². The monoisotopic (exact) mass is 302 g/mol. The fourth-order valence-corrected chi connectivity index (χ4v) is 3.09. The summed E-state index contributed by atoms with van der Waals surface area (Å²) in [6.45, 7) is 12.8. The first-order valence-electron chi connectivity index (χ1n) is 8.55. The molecule has 2 rings (SSSR count). The van der Waals surface area contributed by atoms with E-state index >= 15 is 0 Å². The van der Waals surface area contributed by atoms with E-state index < -0.39 is 0 Å². The van der Waals surface area contributed by atoms with E-state index in [0.717, 1.165) is 36.6 Å². The molecule has 0 radical (unpaired) electrons. The van der Waals surface area contributed by atoms with Crippen molar-refractivity contribution in [2.75, 3.05) is 26.2 Å². The van der Waals surface area contributed by atoms with Crippen molar-refractivity contribution in [3.05, 3.63) is 34.4 Å². The van der Waals surface area contributed by atoms with Gasteiger partial charge in [0.05, 0.1) is 0 Å². The normalized spacial score (nSPS) is 16.7. The molecule has 1 saturated heterocycles. The van der Waals surface area contributed by atoms with Gasteiger partial charge in [0.25, 0.3) is 5.91 Å². The first-order chi connectivity index (χ1) is 10.5. The third kappa shape index (κ3) is 4.57. The third-order valence-electron chi connectivity index (χ3n) is 4.90. The Morgan fingerprint density at radius 2 is 1.77 bits per heavy atom. The number of carbonyl (C=O) groups excluding carboxylic acids is 1. The van der Waals surface area contributed by atoms with Crippen LogP contribution in [0.1, 0.15) is 53.2 Å². The smallest absolute Gasteiger partial charge is 0.251 e. The second-order valence-corrected chi connectivity index (χ2v) is 6.89. The molecular weight excluding hydrogens is 272 g/mol. The minimum atomic E-state index is 0.0628. The van der Waals surface area contributed by atoms with Gasteiger partial charge in [0.1, 0.15) is 0 Å². The Balaban J connectivity index is 1.75. The lowest BCUT2D eigenvalue weighted by Gasteiger charge is -2.30. The predicted octanol–water partition coefficient (Wildman–Crippen LogP) is 3.46. The third-order valence-corrected chi connectivity index (χ3v) is 4.90. The van der Waals surface area contributed by atoms with Crippen LogP contribution < -0.4 is 5.32 Å². The van der Waals surface area contributed by atoms with Gasteiger partial charge < -0.3 is 10.2 Å². The zero-order valence-electron chi connectivity index (χ0n) is 14.5. The lowest BCUT2D eigenvalue weighted by atomic mass is 9.99. The zero-order chi connectivity index (χ0) is 16.1. The fourth-order valence-electron chi connectivity index (χ4n) is 3.09. The highest BCUT2D eigenvalue weighted by molar-refractivity contribution is 5.95. The Kier molecular flexibility index (Phi) is 6.01. The summed E-state index contributed by atoms with van der Waals surface area (Å²) in [5.41, 5.74) is 4.30. The van der Waals surface area contributed by atoms with Crippen LogP contribution in [0.4, 0.5) is 0 Å². The summed E-state index contributed by atoms with van der Waals surface area (Å²) in [7, 11) is 0.